The van der Waals surface area contributed by atoms with Gasteiger partial charge < -0.3 is 20.2 Å². The molecule has 1 aliphatic carbocycles. The number of fused-ring (bicyclic) bond motifs is 1. The molecule has 2 aromatic carbocycles. The molecule has 1 aromatic heterocycles. The summed E-state index contributed by atoms with van der Waals surface area (Å²) >= 11 is 12.5. The van der Waals surface area contributed by atoms with Crippen LogP contribution in [0.25, 0.3) is 11.0 Å². The van der Waals surface area contributed by atoms with Gasteiger partial charge in [-0.15, -0.1) is 0 Å². The largest absolute Gasteiger partial charge is 0.490 e. The lowest BCUT2D eigenvalue weighted by Gasteiger charge is -2.36. The molecular formula is C24H22Cl2F3N5O3. The van der Waals surface area contributed by atoms with Gasteiger partial charge in [0, 0.05) is 32.2 Å². The normalized spacial score (nSPS) is 15.7. The maximum absolute atomic E-state index is 13.0. The number of anilines is 2. The van der Waals surface area contributed by atoms with E-state index in [0.29, 0.717) is 47.8 Å². The number of carbonyl (C=O) groups excluding carboxylic acids is 1. The van der Waals surface area contributed by atoms with Crippen LogP contribution in [0.1, 0.15) is 23.2 Å². The Hall–Kier alpha value is -3.31. The van der Waals surface area contributed by atoms with Crippen molar-refractivity contribution < 1.29 is 27.9 Å². The van der Waals surface area contributed by atoms with Crippen molar-refractivity contribution in [3.63, 3.8) is 0 Å². The first-order chi connectivity index (χ1) is 17.5. The number of carboxylic acids is 1. The summed E-state index contributed by atoms with van der Waals surface area (Å²) in [7, 11) is 0. The molecule has 1 saturated carbocycles. The van der Waals surface area contributed by atoms with Gasteiger partial charge in [-0.3, -0.25) is 4.79 Å². The van der Waals surface area contributed by atoms with E-state index >= 15 is 0 Å². The Morgan fingerprint density at radius 1 is 0.919 bits per heavy atom. The molecule has 1 aliphatic heterocycles. The van der Waals surface area contributed by atoms with Gasteiger partial charge in [-0.1, -0.05) is 41.4 Å². The molecule has 3 aromatic rings. The highest BCUT2D eigenvalue weighted by atomic mass is 35.5. The number of aliphatic carboxylic acids is 1. The van der Waals surface area contributed by atoms with Crippen molar-refractivity contribution >= 4 is 57.7 Å². The van der Waals surface area contributed by atoms with Crippen molar-refractivity contribution in [3.8, 4) is 0 Å². The molecule has 196 valence electrons. The highest BCUT2D eigenvalue weighted by Gasteiger charge is 2.38. The van der Waals surface area contributed by atoms with Crippen molar-refractivity contribution in [2.75, 3.05) is 36.4 Å². The average Bonchev–Trinajstić information content (AvgIpc) is 3.67. The number of rotatable bonds is 4. The molecule has 0 bridgehead atoms. The average molecular weight is 556 g/mol. The van der Waals surface area contributed by atoms with Gasteiger partial charge in [-0.05, 0) is 37.1 Å². The minimum absolute atomic E-state index is 0.133. The fourth-order valence-corrected chi connectivity index (χ4v) is 4.27. The summed E-state index contributed by atoms with van der Waals surface area (Å²) in [6.07, 6.45) is -2.76. The quantitative estimate of drug-likeness (QED) is 0.461. The molecule has 0 spiro atoms. The molecule has 5 rings (SSSR count). The topological polar surface area (TPSA) is 98.7 Å². The van der Waals surface area contributed by atoms with Crippen LogP contribution < -0.4 is 10.2 Å². The molecule has 0 unspecified atom stereocenters. The lowest BCUT2D eigenvalue weighted by Crippen LogP contribution is -2.49. The SMILES string of the molecule is O=C(O)C(F)(F)F.O=C(c1c(Cl)cccc1Cl)N1CCN(c2nc3ccccc3nc2NC2CC2)CC1. The van der Waals surface area contributed by atoms with Gasteiger partial charge in [0.25, 0.3) is 5.91 Å². The Morgan fingerprint density at radius 3 is 1.97 bits per heavy atom. The molecule has 2 heterocycles. The van der Waals surface area contributed by atoms with Crippen molar-refractivity contribution in [2.45, 2.75) is 25.1 Å². The number of piperazine rings is 1. The van der Waals surface area contributed by atoms with Gasteiger partial charge >= 0.3 is 12.1 Å². The molecule has 37 heavy (non-hydrogen) atoms. The Labute approximate surface area is 220 Å². The molecule has 2 N–H and O–H groups in total. The zero-order chi connectivity index (χ0) is 26.7. The molecule has 2 fully saturated rings. The predicted molar refractivity (Wildman–Crippen MR) is 134 cm³/mol. The number of benzene rings is 2. The summed E-state index contributed by atoms with van der Waals surface area (Å²) in [5.41, 5.74) is 2.12. The van der Waals surface area contributed by atoms with Crippen molar-refractivity contribution in [3.05, 3.63) is 58.1 Å². The van der Waals surface area contributed by atoms with E-state index in [-0.39, 0.29) is 5.91 Å². The molecule has 2 aliphatic rings. The fraction of sp³-hybridized carbons (Fsp3) is 0.333. The maximum Gasteiger partial charge on any atom is 0.490 e. The summed E-state index contributed by atoms with van der Waals surface area (Å²) in [5.74, 6) is -1.22. The van der Waals surface area contributed by atoms with E-state index in [2.05, 4.69) is 10.2 Å². The van der Waals surface area contributed by atoms with Crippen LogP contribution in [0.15, 0.2) is 42.5 Å². The number of hydrogen-bond acceptors (Lipinski definition) is 6. The van der Waals surface area contributed by atoms with Gasteiger partial charge in [0.15, 0.2) is 11.6 Å². The molecular weight excluding hydrogens is 534 g/mol. The van der Waals surface area contributed by atoms with Crippen LogP contribution >= 0.6 is 23.2 Å². The summed E-state index contributed by atoms with van der Waals surface area (Å²) in [6, 6.07) is 13.5. The second kappa shape index (κ2) is 11.0. The van der Waals surface area contributed by atoms with Crippen LogP contribution in [0.3, 0.4) is 0 Å². The lowest BCUT2D eigenvalue weighted by molar-refractivity contribution is -0.192. The lowest BCUT2D eigenvalue weighted by atomic mass is 10.1. The zero-order valence-electron chi connectivity index (χ0n) is 19.3. The van der Waals surface area contributed by atoms with E-state index in [9.17, 15) is 18.0 Å². The van der Waals surface area contributed by atoms with E-state index < -0.39 is 12.1 Å². The summed E-state index contributed by atoms with van der Waals surface area (Å²) in [6.45, 7) is 2.47. The number of hydrogen-bond donors (Lipinski definition) is 2. The molecule has 8 nitrogen and oxygen atoms in total. The molecule has 13 heteroatoms. The van der Waals surface area contributed by atoms with Crippen molar-refractivity contribution in [1.29, 1.82) is 0 Å². The van der Waals surface area contributed by atoms with Crippen molar-refractivity contribution in [2.24, 2.45) is 0 Å². The second-order valence-electron chi connectivity index (χ2n) is 8.48. The maximum atomic E-state index is 13.0. The molecule has 0 radical (unpaired) electrons. The van der Waals surface area contributed by atoms with Gasteiger partial charge in [0.2, 0.25) is 0 Å². The standard InChI is InChI=1S/C22H21Cl2N5O.C2HF3O2/c23-15-4-3-5-16(24)19(15)22(30)29-12-10-28(11-13-29)21-20(25-14-8-9-14)26-17-6-1-2-7-18(17)27-21;3-2(4,5)1(6)7/h1-7,14H,8-13H2,(H,25,26);(H,6,7). The van der Waals surface area contributed by atoms with Gasteiger partial charge in [0.05, 0.1) is 26.6 Å². The Morgan fingerprint density at radius 2 is 1.46 bits per heavy atom. The minimum Gasteiger partial charge on any atom is -0.475 e. The first-order valence-corrected chi connectivity index (χ1v) is 12.1. The van der Waals surface area contributed by atoms with Gasteiger partial charge in [-0.25, -0.2) is 14.8 Å². The number of halogens is 5. The van der Waals surface area contributed by atoms with Crippen LogP contribution in [-0.4, -0.2) is 70.2 Å². The number of nitrogens with zero attached hydrogens (tertiary/aromatic N) is 4. The van der Waals surface area contributed by atoms with Crippen molar-refractivity contribution in [1.82, 2.24) is 14.9 Å². The first-order valence-electron chi connectivity index (χ1n) is 11.4. The third-order valence-electron chi connectivity index (χ3n) is 5.76. The number of alkyl halides is 3. The molecule has 1 amide bonds. The third-order valence-corrected chi connectivity index (χ3v) is 6.39. The van der Waals surface area contributed by atoms with Gasteiger partial charge in [0.1, 0.15) is 0 Å². The first kappa shape index (κ1) is 26.7. The van der Waals surface area contributed by atoms with E-state index in [1.165, 1.54) is 0 Å². The number of amides is 1. The zero-order valence-corrected chi connectivity index (χ0v) is 20.8. The Balaban J connectivity index is 0.000000405. The summed E-state index contributed by atoms with van der Waals surface area (Å²) in [4.78, 5) is 35.6. The number of carbonyl (C=O) groups is 2. The summed E-state index contributed by atoms with van der Waals surface area (Å²) < 4.78 is 31.7. The predicted octanol–water partition coefficient (Wildman–Crippen LogP) is 5.11. The van der Waals surface area contributed by atoms with Crippen LogP contribution in [0.4, 0.5) is 24.8 Å². The second-order valence-corrected chi connectivity index (χ2v) is 9.30. The van der Waals surface area contributed by atoms with E-state index in [1.54, 1.807) is 23.1 Å². The van der Waals surface area contributed by atoms with E-state index in [1.807, 2.05) is 24.3 Å². The number of aromatic nitrogens is 2. The Bertz CT molecular complexity index is 1290. The number of carboxylic acid groups (broad SMARTS) is 1. The Kier molecular flexibility index (Phi) is 7.93. The molecule has 0 atom stereocenters. The monoisotopic (exact) mass is 555 g/mol. The highest BCUT2D eigenvalue weighted by molar-refractivity contribution is 6.39. The number of para-hydroxylation sites is 2. The van der Waals surface area contributed by atoms with Crippen LogP contribution in [-0.2, 0) is 4.79 Å². The highest BCUT2D eigenvalue weighted by Crippen LogP contribution is 2.32. The van der Waals surface area contributed by atoms with E-state index in [4.69, 9.17) is 43.1 Å². The van der Waals surface area contributed by atoms with Crippen LogP contribution in [0.5, 0.6) is 0 Å². The van der Waals surface area contributed by atoms with Crippen LogP contribution in [0, 0.1) is 0 Å². The fourth-order valence-electron chi connectivity index (χ4n) is 3.71. The summed E-state index contributed by atoms with van der Waals surface area (Å²) in [5, 5.41) is 11.4. The number of nitrogens with one attached hydrogen (secondary N) is 1. The molecule has 1 saturated heterocycles. The minimum atomic E-state index is -5.08. The third kappa shape index (κ3) is 6.53. The van der Waals surface area contributed by atoms with E-state index in [0.717, 1.165) is 35.5 Å². The smallest absolute Gasteiger partial charge is 0.475 e. The van der Waals surface area contributed by atoms with Crippen LogP contribution in [0.2, 0.25) is 10.0 Å². The van der Waals surface area contributed by atoms with Gasteiger partial charge in [-0.2, -0.15) is 13.2 Å².